The van der Waals surface area contributed by atoms with E-state index in [9.17, 15) is 4.39 Å². The number of anilines is 1. The van der Waals surface area contributed by atoms with Crippen molar-refractivity contribution in [3.05, 3.63) is 30.1 Å². The van der Waals surface area contributed by atoms with Crippen molar-refractivity contribution in [3.8, 4) is 0 Å². The van der Waals surface area contributed by atoms with E-state index in [1.54, 1.807) is 12.1 Å². The van der Waals surface area contributed by atoms with E-state index in [0.29, 0.717) is 0 Å². The van der Waals surface area contributed by atoms with Crippen molar-refractivity contribution in [2.24, 2.45) is 0 Å². The van der Waals surface area contributed by atoms with E-state index in [-0.39, 0.29) is 11.4 Å². The summed E-state index contributed by atoms with van der Waals surface area (Å²) < 4.78 is 13.2. The minimum Gasteiger partial charge on any atom is -0.371 e. The van der Waals surface area contributed by atoms with E-state index in [1.165, 1.54) is 6.07 Å². The summed E-state index contributed by atoms with van der Waals surface area (Å²) in [5.41, 5.74) is 1.18. The Morgan fingerprint density at radius 1 is 1.29 bits per heavy atom. The number of nitrogens with zero attached hydrogens (tertiary/aromatic N) is 1. The fourth-order valence-electron chi connectivity index (χ4n) is 2.24. The summed E-state index contributed by atoms with van der Waals surface area (Å²) in [5, 5.41) is 3.54. The van der Waals surface area contributed by atoms with Crippen LogP contribution in [0.4, 0.5) is 10.1 Å². The number of benzene rings is 1. The Hall–Kier alpha value is -1.09. The largest absolute Gasteiger partial charge is 0.371 e. The smallest absolute Gasteiger partial charge is 0.125 e. The van der Waals surface area contributed by atoms with Gasteiger partial charge in [0.15, 0.2) is 0 Å². The molecule has 0 amide bonds. The minimum atomic E-state index is -0.151. The highest BCUT2D eigenvalue weighted by molar-refractivity contribution is 5.46. The van der Waals surface area contributed by atoms with Crippen LogP contribution in [-0.4, -0.2) is 25.2 Å². The first-order valence-corrected chi connectivity index (χ1v) is 6.32. The van der Waals surface area contributed by atoms with E-state index in [2.05, 4.69) is 24.1 Å². The number of hydrogen-bond acceptors (Lipinski definition) is 2. The topological polar surface area (TPSA) is 15.3 Å². The van der Waals surface area contributed by atoms with Gasteiger partial charge in [-0.25, -0.2) is 4.39 Å². The molecule has 0 saturated carbocycles. The van der Waals surface area contributed by atoms with Crippen LogP contribution < -0.4 is 10.2 Å². The highest BCUT2D eigenvalue weighted by Gasteiger charge is 2.21. The molecule has 0 aromatic heterocycles. The Kier molecular flexibility index (Phi) is 3.67. The summed E-state index contributed by atoms with van der Waals surface area (Å²) in [5.74, 6) is -0.151. The molecule has 0 atom stereocenters. The molecule has 0 aliphatic carbocycles. The number of hydrogen-bond donors (Lipinski definition) is 1. The molecular weight excluding hydrogens is 215 g/mol. The van der Waals surface area contributed by atoms with Crippen molar-refractivity contribution in [2.45, 2.75) is 32.2 Å². The molecule has 0 radical (unpaired) electrons. The second-order valence-corrected chi connectivity index (χ2v) is 5.38. The van der Waals surface area contributed by atoms with Gasteiger partial charge in [0.1, 0.15) is 5.82 Å². The van der Waals surface area contributed by atoms with Crippen LogP contribution in [0.3, 0.4) is 0 Å². The lowest BCUT2D eigenvalue weighted by atomic mass is 9.98. The standard InChI is InChI=1S/C14H21FN2/c1-14(2)7-10-17(9-4-8-16-14)13-6-3-5-12(15)11-13/h3,5-6,11,16H,4,7-10H2,1-2H3. The first kappa shape index (κ1) is 12.4. The van der Waals surface area contributed by atoms with Gasteiger partial charge in [-0.15, -0.1) is 0 Å². The number of rotatable bonds is 1. The molecule has 2 nitrogen and oxygen atoms in total. The van der Waals surface area contributed by atoms with Crippen molar-refractivity contribution in [1.29, 1.82) is 0 Å². The van der Waals surface area contributed by atoms with Crippen molar-refractivity contribution in [2.75, 3.05) is 24.5 Å². The maximum Gasteiger partial charge on any atom is 0.125 e. The van der Waals surface area contributed by atoms with Crippen molar-refractivity contribution in [3.63, 3.8) is 0 Å². The third-order valence-corrected chi connectivity index (χ3v) is 3.39. The third-order valence-electron chi connectivity index (χ3n) is 3.39. The van der Waals surface area contributed by atoms with Crippen LogP contribution in [0.5, 0.6) is 0 Å². The maximum absolute atomic E-state index is 13.2. The van der Waals surface area contributed by atoms with E-state index in [0.717, 1.165) is 38.2 Å². The Balaban J connectivity index is 2.09. The number of halogens is 1. The zero-order chi connectivity index (χ0) is 12.3. The average Bonchev–Trinajstić information content (AvgIpc) is 2.25. The van der Waals surface area contributed by atoms with Crippen LogP contribution >= 0.6 is 0 Å². The van der Waals surface area contributed by atoms with E-state index >= 15 is 0 Å². The molecule has 0 bridgehead atoms. The van der Waals surface area contributed by atoms with E-state index in [1.807, 2.05) is 6.07 Å². The molecule has 17 heavy (non-hydrogen) atoms. The Bertz CT molecular complexity index is 376. The molecular formula is C14H21FN2. The molecule has 0 spiro atoms. The van der Waals surface area contributed by atoms with Gasteiger partial charge in [0.2, 0.25) is 0 Å². The Labute approximate surface area is 103 Å². The average molecular weight is 236 g/mol. The minimum absolute atomic E-state index is 0.151. The normalized spacial score (nSPS) is 20.8. The second kappa shape index (κ2) is 5.05. The quantitative estimate of drug-likeness (QED) is 0.806. The predicted molar refractivity (Wildman–Crippen MR) is 69.9 cm³/mol. The summed E-state index contributed by atoms with van der Waals surface area (Å²) in [6.07, 6.45) is 2.17. The van der Waals surface area contributed by atoms with Gasteiger partial charge < -0.3 is 10.2 Å². The van der Waals surface area contributed by atoms with Crippen LogP contribution in [0.2, 0.25) is 0 Å². The van der Waals surface area contributed by atoms with Crippen LogP contribution in [-0.2, 0) is 0 Å². The highest BCUT2D eigenvalue weighted by atomic mass is 19.1. The SMILES string of the molecule is CC1(C)CCN(c2cccc(F)c2)CCCN1. The lowest BCUT2D eigenvalue weighted by Gasteiger charge is -2.35. The van der Waals surface area contributed by atoms with Crippen molar-refractivity contribution in [1.82, 2.24) is 5.32 Å². The fourth-order valence-corrected chi connectivity index (χ4v) is 2.24. The molecule has 1 heterocycles. The summed E-state index contributed by atoms with van der Waals surface area (Å²) >= 11 is 0. The monoisotopic (exact) mass is 236 g/mol. The summed E-state index contributed by atoms with van der Waals surface area (Å²) in [4.78, 5) is 2.28. The van der Waals surface area contributed by atoms with Crippen LogP contribution in [0.25, 0.3) is 0 Å². The Morgan fingerprint density at radius 2 is 2.12 bits per heavy atom. The van der Waals surface area contributed by atoms with E-state index in [4.69, 9.17) is 0 Å². The zero-order valence-electron chi connectivity index (χ0n) is 10.7. The van der Waals surface area contributed by atoms with Gasteiger partial charge in [-0.2, -0.15) is 0 Å². The highest BCUT2D eigenvalue weighted by Crippen LogP contribution is 2.20. The van der Waals surface area contributed by atoms with E-state index < -0.39 is 0 Å². The predicted octanol–water partition coefficient (Wildman–Crippen LogP) is 2.79. The maximum atomic E-state index is 13.2. The lowest BCUT2D eigenvalue weighted by molar-refractivity contribution is 0.346. The summed E-state index contributed by atoms with van der Waals surface area (Å²) in [7, 11) is 0. The molecule has 1 aromatic carbocycles. The molecule has 94 valence electrons. The van der Waals surface area contributed by atoms with Gasteiger partial charge in [0.25, 0.3) is 0 Å². The molecule has 0 unspecified atom stereocenters. The molecule has 1 aromatic rings. The van der Waals surface area contributed by atoms with Gasteiger partial charge in [0.05, 0.1) is 0 Å². The molecule has 1 aliphatic rings. The van der Waals surface area contributed by atoms with Crippen LogP contribution in [0.15, 0.2) is 24.3 Å². The first-order valence-electron chi connectivity index (χ1n) is 6.32. The Morgan fingerprint density at radius 3 is 2.88 bits per heavy atom. The summed E-state index contributed by atoms with van der Waals surface area (Å²) in [6, 6.07) is 6.90. The van der Waals surface area contributed by atoms with Crippen LogP contribution in [0.1, 0.15) is 26.7 Å². The van der Waals surface area contributed by atoms with Crippen molar-refractivity contribution >= 4 is 5.69 Å². The fraction of sp³-hybridized carbons (Fsp3) is 0.571. The molecule has 3 heteroatoms. The lowest BCUT2D eigenvalue weighted by Crippen LogP contribution is -2.46. The van der Waals surface area contributed by atoms with Gasteiger partial charge in [-0.05, 0) is 51.4 Å². The molecule has 2 rings (SSSR count). The zero-order valence-corrected chi connectivity index (χ0v) is 10.7. The molecule has 1 saturated heterocycles. The molecule has 1 fully saturated rings. The third kappa shape index (κ3) is 3.43. The van der Waals surface area contributed by atoms with Gasteiger partial charge in [-0.3, -0.25) is 0 Å². The number of nitrogens with one attached hydrogen (secondary N) is 1. The van der Waals surface area contributed by atoms with Gasteiger partial charge >= 0.3 is 0 Å². The van der Waals surface area contributed by atoms with Gasteiger partial charge in [0, 0.05) is 24.3 Å². The first-order chi connectivity index (χ1) is 8.07. The van der Waals surface area contributed by atoms with Crippen LogP contribution in [0, 0.1) is 5.82 Å². The summed E-state index contributed by atoms with van der Waals surface area (Å²) in [6.45, 7) is 7.44. The van der Waals surface area contributed by atoms with Crippen molar-refractivity contribution < 1.29 is 4.39 Å². The van der Waals surface area contributed by atoms with Gasteiger partial charge in [-0.1, -0.05) is 6.07 Å². The molecule has 1 N–H and O–H groups in total. The molecule has 1 aliphatic heterocycles. The second-order valence-electron chi connectivity index (χ2n) is 5.38.